The lowest BCUT2D eigenvalue weighted by atomic mass is 9.95. The second-order valence-corrected chi connectivity index (χ2v) is 6.89. The number of nitrogens with one attached hydrogen (secondary N) is 1. The van der Waals surface area contributed by atoms with Gasteiger partial charge in [0.2, 0.25) is 5.91 Å². The van der Waals surface area contributed by atoms with Gasteiger partial charge in [0, 0.05) is 35.3 Å². The molecule has 0 radical (unpaired) electrons. The maximum absolute atomic E-state index is 13.3. The summed E-state index contributed by atoms with van der Waals surface area (Å²) in [7, 11) is 0. The molecule has 0 aliphatic carbocycles. The molecule has 0 bridgehead atoms. The topological polar surface area (TPSA) is 49.4 Å². The molecule has 3 rings (SSSR count). The maximum Gasteiger partial charge on any atom is 0.253 e. The van der Waals surface area contributed by atoms with Gasteiger partial charge >= 0.3 is 0 Å². The molecule has 0 saturated carbocycles. The molecule has 26 heavy (non-hydrogen) atoms. The van der Waals surface area contributed by atoms with E-state index in [0.717, 1.165) is 5.56 Å². The Labute approximate surface area is 157 Å². The molecule has 1 fully saturated rings. The van der Waals surface area contributed by atoms with E-state index in [9.17, 15) is 14.0 Å². The smallest absolute Gasteiger partial charge is 0.253 e. The predicted octanol–water partition coefficient (Wildman–Crippen LogP) is 4.28. The number of amides is 2. The van der Waals surface area contributed by atoms with Crippen LogP contribution in [0.3, 0.4) is 0 Å². The van der Waals surface area contributed by atoms with Gasteiger partial charge in [0.15, 0.2) is 0 Å². The van der Waals surface area contributed by atoms with Crippen LogP contribution in [-0.4, -0.2) is 29.8 Å². The van der Waals surface area contributed by atoms with E-state index in [1.165, 1.54) is 18.2 Å². The molecule has 0 unspecified atom stereocenters. The Balaban J connectivity index is 1.58. The molecule has 6 heteroatoms. The van der Waals surface area contributed by atoms with Crippen molar-refractivity contribution in [2.75, 3.05) is 18.4 Å². The van der Waals surface area contributed by atoms with Crippen LogP contribution in [0.2, 0.25) is 5.02 Å². The minimum Gasteiger partial charge on any atom is -0.339 e. The maximum atomic E-state index is 13.3. The standard InChI is InChI=1S/C20H20ClFN2O2/c1-13-17(21)6-3-7-18(13)23-19(25)14-8-10-24(11-9-14)20(26)15-4-2-5-16(22)12-15/h2-7,12,14H,8-11H2,1H3,(H,23,25). The minimum absolute atomic E-state index is 0.0618. The van der Waals surface area contributed by atoms with E-state index in [-0.39, 0.29) is 17.7 Å². The quantitative estimate of drug-likeness (QED) is 0.871. The van der Waals surface area contributed by atoms with Crippen LogP contribution in [0, 0.1) is 18.7 Å². The van der Waals surface area contributed by atoms with Gasteiger partial charge in [0.05, 0.1) is 0 Å². The Morgan fingerprint density at radius 2 is 1.85 bits per heavy atom. The van der Waals surface area contributed by atoms with Crippen molar-refractivity contribution in [1.82, 2.24) is 4.90 Å². The highest BCUT2D eigenvalue weighted by Crippen LogP contribution is 2.25. The van der Waals surface area contributed by atoms with E-state index in [1.54, 1.807) is 23.1 Å². The summed E-state index contributed by atoms with van der Waals surface area (Å²) in [6.45, 7) is 2.81. The average molecular weight is 375 g/mol. The van der Waals surface area contributed by atoms with Gasteiger partial charge in [0.25, 0.3) is 5.91 Å². The fraction of sp³-hybridized carbons (Fsp3) is 0.300. The molecule has 136 valence electrons. The van der Waals surface area contributed by atoms with Gasteiger partial charge in [-0.05, 0) is 55.7 Å². The van der Waals surface area contributed by atoms with Crippen LogP contribution in [0.5, 0.6) is 0 Å². The predicted molar refractivity (Wildman–Crippen MR) is 99.8 cm³/mol. The van der Waals surface area contributed by atoms with Crippen molar-refractivity contribution >= 4 is 29.1 Å². The first-order valence-corrected chi connectivity index (χ1v) is 8.94. The summed E-state index contributed by atoms with van der Waals surface area (Å²) in [5.41, 5.74) is 1.88. The third-order valence-electron chi connectivity index (χ3n) is 4.75. The third kappa shape index (κ3) is 4.05. The lowest BCUT2D eigenvalue weighted by molar-refractivity contribution is -0.121. The zero-order chi connectivity index (χ0) is 18.7. The molecule has 4 nitrogen and oxygen atoms in total. The highest BCUT2D eigenvalue weighted by molar-refractivity contribution is 6.31. The lowest BCUT2D eigenvalue weighted by Crippen LogP contribution is -2.41. The summed E-state index contributed by atoms with van der Waals surface area (Å²) in [5.74, 6) is -0.853. The molecule has 1 saturated heterocycles. The normalized spacial score (nSPS) is 15.0. The number of halogens is 2. The monoisotopic (exact) mass is 374 g/mol. The second-order valence-electron chi connectivity index (χ2n) is 6.48. The van der Waals surface area contributed by atoms with E-state index < -0.39 is 5.82 Å². The third-order valence-corrected chi connectivity index (χ3v) is 5.16. The second kappa shape index (κ2) is 7.87. The van der Waals surface area contributed by atoms with E-state index >= 15 is 0 Å². The first kappa shape index (κ1) is 18.4. The number of hydrogen-bond donors (Lipinski definition) is 1. The summed E-state index contributed by atoms with van der Waals surface area (Å²) in [6, 6.07) is 11.1. The minimum atomic E-state index is -0.429. The number of rotatable bonds is 3. The van der Waals surface area contributed by atoms with Crippen LogP contribution in [0.1, 0.15) is 28.8 Å². The largest absolute Gasteiger partial charge is 0.339 e. The molecular weight excluding hydrogens is 355 g/mol. The highest BCUT2D eigenvalue weighted by Gasteiger charge is 2.28. The van der Waals surface area contributed by atoms with Gasteiger partial charge in [0.1, 0.15) is 5.82 Å². The molecule has 1 aliphatic rings. The summed E-state index contributed by atoms with van der Waals surface area (Å²) < 4.78 is 13.3. The van der Waals surface area contributed by atoms with Crippen molar-refractivity contribution in [3.05, 3.63) is 64.4 Å². The van der Waals surface area contributed by atoms with Crippen molar-refractivity contribution < 1.29 is 14.0 Å². The van der Waals surface area contributed by atoms with Crippen LogP contribution < -0.4 is 5.32 Å². The van der Waals surface area contributed by atoms with Crippen molar-refractivity contribution in [3.63, 3.8) is 0 Å². The molecule has 1 N–H and O–H groups in total. The molecule has 0 aromatic heterocycles. The number of nitrogens with zero attached hydrogens (tertiary/aromatic N) is 1. The van der Waals surface area contributed by atoms with Crippen molar-refractivity contribution in [3.8, 4) is 0 Å². The molecule has 1 aliphatic heterocycles. The molecular formula is C20H20ClFN2O2. The van der Waals surface area contributed by atoms with Gasteiger partial charge in [-0.15, -0.1) is 0 Å². The number of piperidine rings is 1. The molecule has 2 amide bonds. The summed E-state index contributed by atoms with van der Waals surface area (Å²) in [4.78, 5) is 26.6. The Bertz CT molecular complexity index is 832. The number of carbonyl (C=O) groups is 2. The van der Waals surface area contributed by atoms with Gasteiger partial charge < -0.3 is 10.2 Å². The summed E-state index contributed by atoms with van der Waals surface area (Å²) in [6.07, 6.45) is 1.15. The fourth-order valence-electron chi connectivity index (χ4n) is 3.13. The van der Waals surface area contributed by atoms with Crippen LogP contribution in [-0.2, 0) is 4.79 Å². The number of benzene rings is 2. The molecule has 1 heterocycles. The number of carbonyl (C=O) groups excluding carboxylic acids is 2. The number of likely N-dealkylation sites (tertiary alicyclic amines) is 1. The Morgan fingerprint density at radius 1 is 1.15 bits per heavy atom. The molecule has 2 aromatic rings. The van der Waals surface area contributed by atoms with Gasteiger partial charge in [-0.25, -0.2) is 4.39 Å². The molecule has 2 aromatic carbocycles. The Kier molecular flexibility index (Phi) is 5.57. The van der Waals surface area contributed by atoms with Crippen LogP contribution in [0.25, 0.3) is 0 Å². The van der Waals surface area contributed by atoms with Gasteiger partial charge in [-0.3, -0.25) is 9.59 Å². The highest BCUT2D eigenvalue weighted by atomic mass is 35.5. The van der Waals surface area contributed by atoms with E-state index in [0.29, 0.717) is 42.2 Å². The fourth-order valence-corrected chi connectivity index (χ4v) is 3.30. The molecule has 0 atom stereocenters. The van der Waals surface area contributed by atoms with Crippen molar-refractivity contribution in [2.45, 2.75) is 19.8 Å². The average Bonchev–Trinajstić information content (AvgIpc) is 2.65. The van der Waals surface area contributed by atoms with Gasteiger partial charge in [-0.1, -0.05) is 23.7 Å². The first-order valence-electron chi connectivity index (χ1n) is 8.56. The van der Waals surface area contributed by atoms with Gasteiger partial charge in [-0.2, -0.15) is 0 Å². The first-order chi connectivity index (χ1) is 12.5. The van der Waals surface area contributed by atoms with Crippen LogP contribution >= 0.6 is 11.6 Å². The Hall–Kier alpha value is -2.40. The lowest BCUT2D eigenvalue weighted by Gasteiger charge is -2.31. The SMILES string of the molecule is Cc1c(Cl)cccc1NC(=O)C1CCN(C(=O)c2cccc(F)c2)CC1. The Morgan fingerprint density at radius 3 is 2.54 bits per heavy atom. The van der Waals surface area contributed by atoms with Crippen molar-refractivity contribution in [2.24, 2.45) is 5.92 Å². The van der Waals surface area contributed by atoms with E-state index in [4.69, 9.17) is 11.6 Å². The summed E-state index contributed by atoms with van der Waals surface area (Å²) >= 11 is 6.08. The zero-order valence-corrected chi connectivity index (χ0v) is 15.2. The number of hydrogen-bond acceptors (Lipinski definition) is 2. The van der Waals surface area contributed by atoms with E-state index in [1.807, 2.05) is 13.0 Å². The number of anilines is 1. The van der Waals surface area contributed by atoms with Crippen LogP contribution in [0.15, 0.2) is 42.5 Å². The summed E-state index contributed by atoms with van der Waals surface area (Å²) in [5, 5.41) is 3.54. The van der Waals surface area contributed by atoms with Crippen molar-refractivity contribution in [1.29, 1.82) is 0 Å². The molecule has 0 spiro atoms. The van der Waals surface area contributed by atoms with E-state index in [2.05, 4.69) is 5.32 Å². The zero-order valence-electron chi connectivity index (χ0n) is 14.5. The van der Waals surface area contributed by atoms with Crippen LogP contribution in [0.4, 0.5) is 10.1 Å².